The highest BCUT2D eigenvalue weighted by molar-refractivity contribution is 7.05. The van der Waals surface area contributed by atoms with Crippen LogP contribution >= 0.6 is 11.5 Å². The molecule has 0 radical (unpaired) electrons. The quantitative estimate of drug-likeness (QED) is 0.747. The molecule has 0 aromatic carbocycles. The van der Waals surface area contributed by atoms with Crippen molar-refractivity contribution in [1.29, 1.82) is 0 Å². The van der Waals surface area contributed by atoms with Gasteiger partial charge in [-0.2, -0.15) is 0 Å². The fourth-order valence-corrected chi connectivity index (χ4v) is 2.70. The summed E-state index contributed by atoms with van der Waals surface area (Å²) in [5, 5.41) is 7.66. The second-order valence-corrected chi connectivity index (χ2v) is 5.36. The van der Waals surface area contributed by atoms with Gasteiger partial charge in [-0.1, -0.05) is 17.8 Å². The highest BCUT2D eigenvalue weighted by Crippen LogP contribution is 2.11. The smallest absolute Gasteiger partial charge is 0.0800 e. The molecule has 0 atom stereocenters. The number of rotatable bonds is 7. The van der Waals surface area contributed by atoms with E-state index in [1.807, 2.05) is 0 Å². The average Bonchev–Trinajstić information content (AvgIpc) is 2.84. The molecular formula is C12H22N4OS. The molecule has 0 unspecified atom stereocenters. The van der Waals surface area contributed by atoms with E-state index in [0.29, 0.717) is 0 Å². The van der Waals surface area contributed by atoms with Crippen molar-refractivity contribution >= 4 is 11.5 Å². The van der Waals surface area contributed by atoms with Crippen LogP contribution in [0.25, 0.3) is 0 Å². The van der Waals surface area contributed by atoms with Crippen molar-refractivity contribution in [3.05, 3.63) is 10.6 Å². The van der Waals surface area contributed by atoms with Crippen LogP contribution in [-0.4, -0.2) is 53.9 Å². The Balaban J connectivity index is 1.63. The number of hydrogen-bond acceptors (Lipinski definition) is 6. The molecule has 5 nitrogen and oxygen atoms in total. The lowest BCUT2D eigenvalue weighted by Crippen LogP contribution is -2.40. The Morgan fingerprint density at radius 2 is 2.22 bits per heavy atom. The van der Waals surface area contributed by atoms with Gasteiger partial charge >= 0.3 is 0 Å². The summed E-state index contributed by atoms with van der Waals surface area (Å²) in [6.07, 6.45) is 2.17. The van der Waals surface area contributed by atoms with Crippen LogP contribution in [0.3, 0.4) is 0 Å². The van der Waals surface area contributed by atoms with Gasteiger partial charge in [0.15, 0.2) is 0 Å². The number of aryl methyl sites for hydroxylation is 1. The molecule has 0 spiro atoms. The van der Waals surface area contributed by atoms with Crippen molar-refractivity contribution in [3.8, 4) is 0 Å². The summed E-state index contributed by atoms with van der Waals surface area (Å²) in [5.41, 5.74) is 1.17. The number of nitrogens with zero attached hydrogens (tertiary/aromatic N) is 3. The Hall–Kier alpha value is -0.560. The van der Waals surface area contributed by atoms with Gasteiger partial charge < -0.3 is 10.1 Å². The van der Waals surface area contributed by atoms with Crippen LogP contribution in [0.5, 0.6) is 0 Å². The van der Waals surface area contributed by atoms with Crippen molar-refractivity contribution in [3.63, 3.8) is 0 Å². The molecule has 1 aromatic heterocycles. The van der Waals surface area contributed by atoms with E-state index in [1.54, 1.807) is 0 Å². The summed E-state index contributed by atoms with van der Waals surface area (Å²) in [7, 11) is 0. The normalized spacial score (nSPS) is 17.2. The van der Waals surface area contributed by atoms with E-state index in [2.05, 4.69) is 26.7 Å². The van der Waals surface area contributed by atoms with Crippen molar-refractivity contribution in [2.24, 2.45) is 0 Å². The molecule has 18 heavy (non-hydrogen) atoms. The lowest BCUT2D eigenvalue weighted by Gasteiger charge is -2.26. The maximum Gasteiger partial charge on any atom is 0.0800 e. The van der Waals surface area contributed by atoms with Crippen LogP contribution in [-0.2, 0) is 17.7 Å². The first kappa shape index (κ1) is 13.9. The Bertz CT molecular complexity index is 339. The lowest BCUT2D eigenvalue weighted by atomic mass is 10.2. The summed E-state index contributed by atoms with van der Waals surface area (Å²) in [4.78, 5) is 3.73. The molecule has 1 N–H and O–H groups in total. The van der Waals surface area contributed by atoms with Gasteiger partial charge in [0.1, 0.15) is 0 Å². The predicted molar refractivity (Wildman–Crippen MR) is 72.9 cm³/mol. The van der Waals surface area contributed by atoms with Crippen LogP contribution in [0, 0.1) is 0 Å². The molecule has 1 fully saturated rings. The van der Waals surface area contributed by atoms with Gasteiger partial charge in [-0.3, -0.25) is 4.90 Å². The zero-order chi connectivity index (χ0) is 12.6. The van der Waals surface area contributed by atoms with Gasteiger partial charge in [0.25, 0.3) is 0 Å². The van der Waals surface area contributed by atoms with Gasteiger partial charge in [0.2, 0.25) is 0 Å². The highest BCUT2D eigenvalue weighted by atomic mass is 32.1. The molecule has 0 amide bonds. The largest absolute Gasteiger partial charge is 0.379 e. The predicted octanol–water partition coefficient (Wildman–Crippen LogP) is 0.912. The number of aromatic nitrogens is 2. The van der Waals surface area contributed by atoms with Crippen molar-refractivity contribution in [1.82, 2.24) is 19.8 Å². The molecule has 1 aromatic rings. The second-order valence-electron chi connectivity index (χ2n) is 4.52. The topological polar surface area (TPSA) is 50.3 Å². The SMILES string of the molecule is CCCc1nnsc1CNCCN1CCOCC1. The first-order valence-corrected chi connectivity index (χ1v) is 7.48. The molecule has 1 saturated heterocycles. The monoisotopic (exact) mass is 270 g/mol. The van der Waals surface area contributed by atoms with E-state index in [0.717, 1.165) is 58.8 Å². The van der Waals surface area contributed by atoms with Crippen LogP contribution in [0.15, 0.2) is 0 Å². The van der Waals surface area contributed by atoms with E-state index in [1.165, 1.54) is 22.1 Å². The number of morpholine rings is 1. The minimum Gasteiger partial charge on any atom is -0.379 e. The van der Waals surface area contributed by atoms with Crippen molar-refractivity contribution in [2.45, 2.75) is 26.3 Å². The lowest BCUT2D eigenvalue weighted by molar-refractivity contribution is 0.0384. The Kier molecular flexibility index (Phi) is 5.99. The van der Waals surface area contributed by atoms with E-state index in [9.17, 15) is 0 Å². The van der Waals surface area contributed by atoms with Crippen LogP contribution in [0.4, 0.5) is 0 Å². The second kappa shape index (κ2) is 7.78. The average molecular weight is 270 g/mol. The Morgan fingerprint density at radius 3 is 3.00 bits per heavy atom. The molecule has 0 bridgehead atoms. The van der Waals surface area contributed by atoms with E-state index < -0.39 is 0 Å². The third-order valence-corrected chi connectivity index (χ3v) is 3.88. The first-order valence-electron chi connectivity index (χ1n) is 6.71. The van der Waals surface area contributed by atoms with Crippen LogP contribution < -0.4 is 5.32 Å². The molecule has 2 heterocycles. The van der Waals surface area contributed by atoms with E-state index >= 15 is 0 Å². The van der Waals surface area contributed by atoms with E-state index in [4.69, 9.17) is 4.74 Å². The highest BCUT2D eigenvalue weighted by Gasteiger charge is 2.10. The summed E-state index contributed by atoms with van der Waals surface area (Å²) in [5.74, 6) is 0. The fourth-order valence-electron chi connectivity index (χ4n) is 2.05. The standard InChI is InChI=1S/C12H22N4OS/c1-2-3-11-12(18-15-14-11)10-13-4-5-16-6-8-17-9-7-16/h13H,2-10H2,1H3. The van der Waals surface area contributed by atoms with Gasteiger partial charge in [0, 0.05) is 32.7 Å². The Labute approximate surface area is 113 Å². The minimum absolute atomic E-state index is 0.874. The number of nitrogens with one attached hydrogen (secondary N) is 1. The molecule has 0 saturated carbocycles. The maximum atomic E-state index is 5.33. The van der Waals surface area contributed by atoms with Crippen LogP contribution in [0.1, 0.15) is 23.9 Å². The molecule has 2 rings (SSSR count). The molecule has 1 aliphatic rings. The number of hydrogen-bond donors (Lipinski definition) is 1. The fraction of sp³-hybridized carbons (Fsp3) is 0.833. The first-order chi connectivity index (χ1) is 8.90. The zero-order valence-electron chi connectivity index (χ0n) is 11.0. The third kappa shape index (κ3) is 4.28. The molecule has 1 aliphatic heterocycles. The van der Waals surface area contributed by atoms with Gasteiger partial charge in [-0.25, -0.2) is 0 Å². The molecule has 102 valence electrons. The summed E-state index contributed by atoms with van der Waals surface area (Å²) < 4.78 is 9.36. The number of ether oxygens (including phenoxy) is 1. The van der Waals surface area contributed by atoms with Crippen molar-refractivity contribution in [2.75, 3.05) is 39.4 Å². The zero-order valence-corrected chi connectivity index (χ0v) is 11.8. The third-order valence-electron chi connectivity index (χ3n) is 3.12. The van der Waals surface area contributed by atoms with Gasteiger partial charge in [0.05, 0.1) is 23.8 Å². The molecule has 0 aliphatic carbocycles. The summed E-state index contributed by atoms with van der Waals surface area (Å²) in [6.45, 7) is 9.06. The van der Waals surface area contributed by atoms with Crippen molar-refractivity contribution < 1.29 is 4.74 Å². The molecular weight excluding hydrogens is 248 g/mol. The minimum atomic E-state index is 0.874. The van der Waals surface area contributed by atoms with E-state index in [-0.39, 0.29) is 0 Å². The van der Waals surface area contributed by atoms with Gasteiger partial charge in [-0.05, 0) is 18.0 Å². The summed E-state index contributed by atoms with van der Waals surface area (Å²) >= 11 is 1.52. The van der Waals surface area contributed by atoms with Crippen LogP contribution in [0.2, 0.25) is 0 Å². The molecule has 6 heteroatoms. The summed E-state index contributed by atoms with van der Waals surface area (Å²) in [6, 6.07) is 0. The maximum absolute atomic E-state index is 5.33. The van der Waals surface area contributed by atoms with Gasteiger partial charge in [-0.15, -0.1) is 5.10 Å². The Morgan fingerprint density at radius 1 is 1.39 bits per heavy atom.